The van der Waals surface area contributed by atoms with E-state index in [-0.39, 0.29) is 11.0 Å². The van der Waals surface area contributed by atoms with Crippen molar-refractivity contribution in [2.24, 2.45) is 46.3 Å². The molecule has 1 spiro atoms. The molecule has 0 aromatic carbocycles. The normalized spacial score (nSPS) is 52.8. The van der Waals surface area contributed by atoms with Crippen LogP contribution in [-0.4, -0.2) is 16.5 Å². The lowest BCUT2D eigenvalue weighted by Gasteiger charge is -2.64. The molecule has 2 bridgehead atoms. The first-order valence-corrected chi connectivity index (χ1v) is 13.3. The highest BCUT2D eigenvalue weighted by Gasteiger charge is 2.68. The number of aliphatic hydroxyl groups is 1. The Kier molecular flexibility index (Phi) is 5.07. The molecule has 5 rings (SSSR count). The number of rotatable bonds is 5. The number of fused-ring (bicyclic) bond motifs is 5. The SMILES string of the molecule is CC(C)CCC[C@@H](C)[C@H]1CC[C@H]2[C@@H]3CC[C@]45C=C[C@](O)(CC[C@]4(C)[C@H]3CC[C@]12C)O5. The van der Waals surface area contributed by atoms with Gasteiger partial charge in [-0.2, -0.15) is 0 Å². The van der Waals surface area contributed by atoms with Crippen LogP contribution in [0.2, 0.25) is 0 Å². The molecule has 30 heavy (non-hydrogen) atoms. The van der Waals surface area contributed by atoms with E-state index >= 15 is 0 Å². The second-order valence-corrected chi connectivity index (χ2v) is 13.0. The fraction of sp³-hybridized carbons (Fsp3) is 0.929. The summed E-state index contributed by atoms with van der Waals surface area (Å²) in [6, 6.07) is 0. The maximum Gasteiger partial charge on any atom is 0.186 e. The molecular weight excluding hydrogens is 368 g/mol. The summed E-state index contributed by atoms with van der Waals surface area (Å²) in [4.78, 5) is 0. The van der Waals surface area contributed by atoms with Crippen LogP contribution in [-0.2, 0) is 4.74 Å². The molecule has 2 aliphatic heterocycles. The standard InChI is InChI=1S/C28H46O2/c1-19(2)7-6-8-20(3)22-9-10-23-21-11-14-27-16-18-28(29,30-27)17-15-26(27,5)24(21)12-13-25(22,23)4/h16,18-24,29H,6-15,17H2,1-5H3/t20-,21+,22-,23+,24+,25-,26-,27+,28+/m1/s1. The molecule has 2 heteroatoms. The van der Waals surface area contributed by atoms with E-state index in [1.807, 2.05) is 6.08 Å². The van der Waals surface area contributed by atoms with Crippen molar-refractivity contribution in [2.75, 3.05) is 0 Å². The zero-order valence-electron chi connectivity index (χ0n) is 20.3. The van der Waals surface area contributed by atoms with Crippen molar-refractivity contribution in [3.05, 3.63) is 12.2 Å². The van der Waals surface area contributed by atoms with Gasteiger partial charge in [0.15, 0.2) is 5.79 Å². The van der Waals surface area contributed by atoms with E-state index in [9.17, 15) is 5.11 Å². The lowest BCUT2D eigenvalue weighted by molar-refractivity contribution is -0.305. The predicted molar refractivity (Wildman–Crippen MR) is 123 cm³/mol. The second kappa shape index (κ2) is 7.08. The Morgan fingerprint density at radius 3 is 2.47 bits per heavy atom. The first-order valence-electron chi connectivity index (χ1n) is 13.3. The average molecular weight is 415 g/mol. The zero-order valence-corrected chi connectivity index (χ0v) is 20.3. The zero-order chi connectivity index (χ0) is 21.4. The highest BCUT2D eigenvalue weighted by atomic mass is 16.6. The summed E-state index contributed by atoms with van der Waals surface area (Å²) in [5, 5.41) is 10.7. The van der Waals surface area contributed by atoms with Gasteiger partial charge in [0.2, 0.25) is 0 Å². The molecule has 0 unspecified atom stereocenters. The Balaban J connectivity index is 1.34. The van der Waals surface area contributed by atoms with E-state index < -0.39 is 5.79 Å². The third-order valence-electron chi connectivity index (χ3n) is 11.2. The van der Waals surface area contributed by atoms with Crippen LogP contribution in [0.5, 0.6) is 0 Å². The molecule has 4 fully saturated rings. The quantitative estimate of drug-likeness (QED) is 0.485. The van der Waals surface area contributed by atoms with Gasteiger partial charge in [-0.15, -0.1) is 0 Å². The fourth-order valence-electron chi connectivity index (χ4n) is 9.55. The van der Waals surface area contributed by atoms with Crippen LogP contribution in [0.15, 0.2) is 12.2 Å². The molecule has 3 aliphatic carbocycles. The minimum absolute atomic E-state index is 0.197. The van der Waals surface area contributed by atoms with Crippen LogP contribution < -0.4 is 0 Å². The minimum atomic E-state index is -0.973. The molecule has 1 saturated heterocycles. The Labute approximate surface area is 185 Å². The molecule has 0 radical (unpaired) electrons. The van der Waals surface area contributed by atoms with Gasteiger partial charge in [-0.25, -0.2) is 0 Å². The fourth-order valence-corrected chi connectivity index (χ4v) is 9.55. The summed E-state index contributed by atoms with van der Waals surface area (Å²) in [5.74, 6) is 4.23. The van der Waals surface area contributed by atoms with Crippen LogP contribution >= 0.6 is 0 Å². The van der Waals surface area contributed by atoms with Crippen LogP contribution in [0.1, 0.15) is 105 Å². The molecule has 9 atom stereocenters. The topological polar surface area (TPSA) is 29.5 Å². The van der Waals surface area contributed by atoms with Crippen molar-refractivity contribution in [3.8, 4) is 0 Å². The van der Waals surface area contributed by atoms with Crippen molar-refractivity contribution in [3.63, 3.8) is 0 Å². The Hall–Kier alpha value is -0.340. The molecule has 3 saturated carbocycles. The summed E-state index contributed by atoms with van der Waals surface area (Å²) >= 11 is 0. The van der Waals surface area contributed by atoms with Crippen molar-refractivity contribution < 1.29 is 9.84 Å². The van der Waals surface area contributed by atoms with Crippen molar-refractivity contribution in [1.82, 2.24) is 0 Å². The molecule has 1 N–H and O–H groups in total. The van der Waals surface area contributed by atoms with Gasteiger partial charge in [0, 0.05) is 11.8 Å². The predicted octanol–water partition coefficient (Wildman–Crippen LogP) is 7.12. The van der Waals surface area contributed by atoms with E-state index in [0.29, 0.717) is 5.41 Å². The van der Waals surface area contributed by atoms with E-state index in [4.69, 9.17) is 4.74 Å². The third-order valence-corrected chi connectivity index (χ3v) is 11.2. The highest BCUT2D eigenvalue weighted by molar-refractivity contribution is 5.27. The first kappa shape index (κ1) is 21.5. The Bertz CT molecular complexity index is 699. The second-order valence-electron chi connectivity index (χ2n) is 13.0. The Morgan fingerprint density at radius 2 is 1.70 bits per heavy atom. The summed E-state index contributed by atoms with van der Waals surface area (Å²) in [6.07, 6.45) is 18.5. The van der Waals surface area contributed by atoms with Gasteiger partial charge in [0.25, 0.3) is 0 Å². The number of hydrogen-bond donors (Lipinski definition) is 1. The van der Waals surface area contributed by atoms with Gasteiger partial charge in [0.05, 0.1) is 5.60 Å². The van der Waals surface area contributed by atoms with Gasteiger partial charge in [0.1, 0.15) is 0 Å². The van der Waals surface area contributed by atoms with E-state index in [1.165, 1.54) is 51.4 Å². The monoisotopic (exact) mass is 414 g/mol. The Morgan fingerprint density at radius 1 is 0.900 bits per heavy atom. The summed E-state index contributed by atoms with van der Waals surface area (Å²) < 4.78 is 6.43. The first-order chi connectivity index (χ1) is 14.1. The van der Waals surface area contributed by atoms with E-state index in [2.05, 4.69) is 40.7 Å². The molecule has 5 aliphatic rings. The largest absolute Gasteiger partial charge is 0.362 e. The average Bonchev–Trinajstić information content (AvgIpc) is 3.19. The van der Waals surface area contributed by atoms with Crippen molar-refractivity contribution in [1.29, 1.82) is 0 Å². The lowest BCUT2D eigenvalue weighted by Crippen LogP contribution is -2.63. The maximum absolute atomic E-state index is 10.7. The minimum Gasteiger partial charge on any atom is -0.362 e. The van der Waals surface area contributed by atoms with Crippen molar-refractivity contribution in [2.45, 2.75) is 117 Å². The highest BCUT2D eigenvalue weighted by Crippen LogP contribution is 2.71. The molecule has 0 aromatic rings. The van der Waals surface area contributed by atoms with Crippen LogP contribution in [0, 0.1) is 46.3 Å². The summed E-state index contributed by atoms with van der Waals surface area (Å²) in [6.45, 7) is 12.5. The molecule has 2 nitrogen and oxygen atoms in total. The molecule has 2 heterocycles. The van der Waals surface area contributed by atoms with Crippen LogP contribution in [0.25, 0.3) is 0 Å². The summed E-state index contributed by atoms with van der Waals surface area (Å²) in [7, 11) is 0. The van der Waals surface area contributed by atoms with Gasteiger partial charge in [-0.1, -0.05) is 60.0 Å². The van der Waals surface area contributed by atoms with E-state index in [0.717, 1.165) is 54.8 Å². The van der Waals surface area contributed by atoms with Crippen LogP contribution in [0.4, 0.5) is 0 Å². The third kappa shape index (κ3) is 2.95. The molecule has 170 valence electrons. The number of hydrogen-bond acceptors (Lipinski definition) is 2. The van der Waals surface area contributed by atoms with Gasteiger partial charge in [-0.3, -0.25) is 0 Å². The number of ether oxygens (including phenoxy) is 1. The molecular formula is C28H46O2. The van der Waals surface area contributed by atoms with Crippen molar-refractivity contribution >= 4 is 0 Å². The smallest absolute Gasteiger partial charge is 0.186 e. The molecule has 0 amide bonds. The van der Waals surface area contributed by atoms with Crippen LogP contribution in [0.3, 0.4) is 0 Å². The van der Waals surface area contributed by atoms with Gasteiger partial charge in [-0.05, 0) is 91.9 Å². The van der Waals surface area contributed by atoms with Gasteiger partial charge < -0.3 is 9.84 Å². The van der Waals surface area contributed by atoms with Gasteiger partial charge >= 0.3 is 0 Å². The maximum atomic E-state index is 10.7. The lowest BCUT2D eigenvalue weighted by atomic mass is 9.44. The van der Waals surface area contributed by atoms with E-state index in [1.54, 1.807) is 0 Å². The summed E-state index contributed by atoms with van der Waals surface area (Å²) in [5.41, 5.74) is 0.565. The molecule has 0 aromatic heterocycles.